The third kappa shape index (κ3) is 5.25. The molecule has 0 bridgehead atoms. The molecule has 2 amide bonds. The predicted octanol–water partition coefficient (Wildman–Crippen LogP) is 0.713. The molecule has 1 fully saturated rings. The van der Waals surface area contributed by atoms with E-state index in [0.717, 1.165) is 5.56 Å². The number of methoxy groups -OCH3 is 1. The van der Waals surface area contributed by atoms with Crippen molar-refractivity contribution in [3.8, 4) is 0 Å². The number of benzene rings is 1. The number of esters is 1. The van der Waals surface area contributed by atoms with E-state index in [0.29, 0.717) is 6.54 Å². The molecular weight excluding hydrogens is 272 g/mol. The molecule has 21 heavy (non-hydrogen) atoms. The zero-order valence-corrected chi connectivity index (χ0v) is 12.5. The summed E-state index contributed by atoms with van der Waals surface area (Å²) >= 11 is 0. The molecule has 1 atom stereocenters. The molecule has 0 aliphatic carbocycles. The lowest BCUT2D eigenvalue weighted by Crippen LogP contribution is -2.56. The van der Waals surface area contributed by atoms with Gasteiger partial charge in [0.25, 0.3) is 0 Å². The van der Waals surface area contributed by atoms with Crippen LogP contribution in [0, 0.1) is 0 Å². The maximum Gasteiger partial charge on any atom is 0.302 e. The van der Waals surface area contributed by atoms with Crippen molar-refractivity contribution in [1.29, 1.82) is 0 Å². The van der Waals surface area contributed by atoms with Crippen LogP contribution in [0.25, 0.3) is 0 Å². The van der Waals surface area contributed by atoms with Gasteiger partial charge in [0.15, 0.2) is 0 Å². The van der Waals surface area contributed by atoms with Gasteiger partial charge in [0.05, 0.1) is 13.7 Å². The van der Waals surface area contributed by atoms with Crippen LogP contribution < -0.4 is 5.32 Å². The van der Waals surface area contributed by atoms with Gasteiger partial charge in [0.2, 0.25) is 11.8 Å². The maximum absolute atomic E-state index is 11.7. The summed E-state index contributed by atoms with van der Waals surface area (Å²) < 4.78 is 4.11. The summed E-state index contributed by atoms with van der Waals surface area (Å²) in [6.45, 7) is 3.71. The van der Waals surface area contributed by atoms with Crippen molar-refractivity contribution in [2.24, 2.45) is 0 Å². The number of hydrogen-bond donors (Lipinski definition) is 1. The Morgan fingerprint density at radius 1 is 1.33 bits per heavy atom. The van der Waals surface area contributed by atoms with Crippen LogP contribution in [0.2, 0.25) is 0 Å². The Morgan fingerprint density at radius 2 is 1.90 bits per heavy atom. The first kappa shape index (κ1) is 16.7. The molecule has 1 heterocycles. The van der Waals surface area contributed by atoms with Crippen molar-refractivity contribution < 1.29 is 19.1 Å². The predicted molar refractivity (Wildman–Crippen MR) is 77.2 cm³/mol. The first-order chi connectivity index (χ1) is 9.95. The average molecular weight is 292 g/mol. The Labute approximate surface area is 124 Å². The zero-order chi connectivity index (χ0) is 15.8. The first-order valence-corrected chi connectivity index (χ1v) is 6.61. The highest BCUT2D eigenvalue weighted by Gasteiger charge is 2.30. The molecule has 1 aliphatic heterocycles. The van der Waals surface area contributed by atoms with E-state index < -0.39 is 0 Å². The summed E-state index contributed by atoms with van der Waals surface area (Å²) in [5.41, 5.74) is 1.04. The number of nitrogens with one attached hydrogen (secondary N) is 1. The first-order valence-electron chi connectivity index (χ1n) is 6.61. The largest absolute Gasteiger partial charge is 0.469 e. The molecule has 2 rings (SSSR count). The monoisotopic (exact) mass is 292 g/mol. The number of hydrogen-bond acceptors (Lipinski definition) is 4. The van der Waals surface area contributed by atoms with Gasteiger partial charge in [-0.15, -0.1) is 0 Å². The minimum absolute atomic E-state index is 0.0315. The molecule has 1 unspecified atom stereocenters. The van der Waals surface area contributed by atoms with Crippen LogP contribution in [0.4, 0.5) is 0 Å². The van der Waals surface area contributed by atoms with E-state index in [1.807, 2.05) is 30.3 Å². The smallest absolute Gasteiger partial charge is 0.302 e. The van der Waals surface area contributed by atoms with Gasteiger partial charge in [0, 0.05) is 13.5 Å². The minimum atomic E-state index is -0.388. The van der Waals surface area contributed by atoms with Crippen LogP contribution in [0.1, 0.15) is 19.4 Å². The van der Waals surface area contributed by atoms with E-state index in [1.165, 1.54) is 14.0 Å². The molecule has 0 aromatic heterocycles. The van der Waals surface area contributed by atoms with Gasteiger partial charge in [-0.2, -0.15) is 0 Å². The average Bonchev–Trinajstić information content (AvgIpc) is 2.49. The van der Waals surface area contributed by atoms with Crippen LogP contribution >= 0.6 is 0 Å². The van der Waals surface area contributed by atoms with E-state index in [4.69, 9.17) is 0 Å². The molecular formula is C15H20N2O4. The number of carbonyl (C=O) groups excluding carboxylic acids is 3. The van der Waals surface area contributed by atoms with Crippen molar-refractivity contribution >= 4 is 17.8 Å². The number of carbonyl (C=O) groups is 3. The molecule has 6 heteroatoms. The number of piperazine rings is 1. The second kappa shape index (κ2) is 8.04. The fourth-order valence-corrected chi connectivity index (χ4v) is 1.77. The summed E-state index contributed by atoms with van der Waals surface area (Å²) in [6.07, 6.45) is 0. The van der Waals surface area contributed by atoms with Gasteiger partial charge in [-0.25, -0.2) is 0 Å². The zero-order valence-electron chi connectivity index (χ0n) is 12.5. The maximum atomic E-state index is 11.7. The summed E-state index contributed by atoms with van der Waals surface area (Å²) in [5, 5.41) is 2.57. The van der Waals surface area contributed by atoms with Crippen molar-refractivity contribution in [2.45, 2.75) is 26.4 Å². The normalized spacial score (nSPS) is 17.5. The fourth-order valence-electron chi connectivity index (χ4n) is 1.77. The Bertz CT molecular complexity index is 502. The van der Waals surface area contributed by atoms with E-state index in [1.54, 1.807) is 11.8 Å². The highest BCUT2D eigenvalue weighted by atomic mass is 16.5. The summed E-state index contributed by atoms with van der Waals surface area (Å²) in [5.74, 6) is -0.364. The third-order valence-electron chi connectivity index (χ3n) is 3.06. The van der Waals surface area contributed by atoms with E-state index in [9.17, 15) is 14.4 Å². The Balaban J connectivity index is 0.000000383. The van der Waals surface area contributed by atoms with Crippen molar-refractivity contribution in [2.75, 3.05) is 13.7 Å². The lowest BCUT2D eigenvalue weighted by molar-refractivity contribution is -0.145. The number of amides is 2. The van der Waals surface area contributed by atoms with Crippen LogP contribution in [0.15, 0.2) is 30.3 Å². The van der Waals surface area contributed by atoms with Crippen molar-refractivity contribution in [3.63, 3.8) is 0 Å². The van der Waals surface area contributed by atoms with E-state index in [2.05, 4.69) is 10.1 Å². The summed E-state index contributed by atoms with van der Waals surface area (Å²) in [6, 6.07) is 9.29. The molecule has 114 valence electrons. The molecule has 1 saturated heterocycles. The Kier molecular flexibility index (Phi) is 6.39. The Morgan fingerprint density at radius 3 is 2.43 bits per heavy atom. The molecule has 1 N–H and O–H groups in total. The van der Waals surface area contributed by atoms with E-state index in [-0.39, 0.29) is 30.4 Å². The van der Waals surface area contributed by atoms with Gasteiger partial charge in [-0.3, -0.25) is 14.4 Å². The van der Waals surface area contributed by atoms with Crippen molar-refractivity contribution in [3.05, 3.63) is 35.9 Å². The highest BCUT2D eigenvalue weighted by Crippen LogP contribution is 2.11. The Hall–Kier alpha value is -2.37. The van der Waals surface area contributed by atoms with Crippen molar-refractivity contribution in [1.82, 2.24) is 10.2 Å². The second-order valence-electron chi connectivity index (χ2n) is 4.60. The van der Waals surface area contributed by atoms with Crippen LogP contribution in [0.3, 0.4) is 0 Å². The lowest BCUT2D eigenvalue weighted by Gasteiger charge is -2.32. The molecule has 6 nitrogen and oxygen atoms in total. The van der Waals surface area contributed by atoms with Gasteiger partial charge in [-0.05, 0) is 12.5 Å². The highest BCUT2D eigenvalue weighted by molar-refractivity contribution is 5.94. The van der Waals surface area contributed by atoms with Gasteiger partial charge in [-0.1, -0.05) is 30.3 Å². The van der Waals surface area contributed by atoms with Crippen LogP contribution in [-0.2, 0) is 25.7 Å². The van der Waals surface area contributed by atoms with Crippen LogP contribution in [-0.4, -0.2) is 42.4 Å². The molecule has 0 radical (unpaired) electrons. The number of nitrogens with zero attached hydrogens (tertiary/aromatic N) is 1. The SMILES string of the molecule is CC1C(=O)NCC(=O)N1Cc1ccccc1.COC(C)=O. The topological polar surface area (TPSA) is 75.7 Å². The fraction of sp³-hybridized carbons (Fsp3) is 0.400. The lowest BCUT2D eigenvalue weighted by atomic mass is 10.1. The summed E-state index contributed by atoms with van der Waals surface area (Å²) in [7, 11) is 1.35. The quantitative estimate of drug-likeness (QED) is 0.815. The van der Waals surface area contributed by atoms with Gasteiger partial charge >= 0.3 is 5.97 Å². The van der Waals surface area contributed by atoms with Gasteiger partial charge in [0.1, 0.15) is 6.04 Å². The molecule has 0 saturated carbocycles. The van der Waals surface area contributed by atoms with E-state index >= 15 is 0 Å². The molecule has 1 aromatic rings. The third-order valence-corrected chi connectivity index (χ3v) is 3.06. The molecule has 1 aromatic carbocycles. The minimum Gasteiger partial charge on any atom is -0.469 e. The second-order valence-corrected chi connectivity index (χ2v) is 4.60. The molecule has 1 aliphatic rings. The molecule has 0 spiro atoms. The number of rotatable bonds is 2. The standard InChI is InChI=1S/C12H14N2O2.C3H6O2/c1-9-12(16)13-7-11(15)14(9)8-10-5-3-2-4-6-10;1-3(4)5-2/h2-6,9H,7-8H2,1H3,(H,13,16);1-2H3. The summed E-state index contributed by atoms with van der Waals surface area (Å²) in [4.78, 5) is 34.3. The number of ether oxygens (including phenoxy) is 1. The van der Waals surface area contributed by atoms with Gasteiger partial charge < -0.3 is 15.0 Å². The van der Waals surface area contributed by atoms with Crippen LogP contribution in [0.5, 0.6) is 0 Å².